The van der Waals surface area contributed by atoms with Gasteiger partial charge in [-0.3, -0.25) is 0 Å². The van der Waals surface area contributed by atoms with E-state index in [2.05, 4.69) is 38.2 Å². The summed E-state index contributed by atoms with van der Waals surface area (Å²) in [5, 5.41) is 3.49. The molecule has 1 heterocycles. The van der Waals surface area contributed by atoms with E-state index in [0.717, 1.165) is 12.5 Å². The Labute approximate surface area is 92.9 Å². The van der Waals surface area contributed by atoms with Crippen LogP contribution >= 0.6 is 0 Å². The van der Waals surface area contributed by atoms with Crippen molar-refractivity contribution in [1.82, 2.24) is 5.32 Å². The summed E-state index contributed by atoms with van der Waals surface area (Å²) in [5.41, 5.74) is 5.95. The van der Waals surface area contributed by atoms with E-state index < -0.39 is 0 Å². The molecule has 1 atom stereocenters. The predicted octanol–water partition coefficient (Wildman–Crippen LogP) is 3.08. The number of hydrogen-bond acceptors (Lipinski definition) is 1. The number of aryl methyl sites for hydroxylation is 1. The molecule has 1 heteroatoms. The first kappa shape index (κ1) is 10.7. The summed E-state index contributed by atoms with van der Waals surface area (Å²) in [6.45, 7) is 9.06. The van der Waals surface area contributed by atoms with E-state index in [9.17, 15) is 0 Å². The molecule has 1 aromatic carbocycles. The van der Waals surface area contributed by atoms with Gasteiger partial charge in [0.1, 0.15) is 0 Å². The topological polar surface area (TPSA) is 12.0 Å². The minimum absolute atomic E-state index is 0.734. The second-order valence-electron chi connectivity index (χ2n) is 4.76. The summed E-state index contributed by atoms with van der Waals surface area (Å²) >= 11 is 0. The van der Waals surface area contributed by atoms with Gasteiger partial charge < -0.3 is 5.32 Å². The van der Waals surface area contributed by atoms with Crippen molar-refractivity contribution in [3.05, 3.63) is 34.4 Å². The number of rotatable bonds is 1. The molecule has 1 fully saturated rings. The van der Waals surface area contributed by atoms with E-state index in [1.54, 1.807) is 5.56 Å². The van der Waals surface area contributed by atoms with Crippen LogP contribution in [-0.2, 0) is 0 Å². The molecule has 15 heavy (non-hydrogen) atoms. The Morgan fingerprint density at radius 2 is 1.93 bits per heavy atom. The van der Waals surface area contributed by atoms with Crippen molar-refractivity contribution in [2.24, 2.45) is 0 Å². The van der Waals surface area contributed by atoms with E-state index in [0.29, 0.717) is 0 Å². The second-order valence-corrected chi connectivity index (χ2v) is 4.76. The second kappa shape index (κ2) is 4.36. The molecular formula is C14H21N. The lowest BCUT2D eigenvalue weighted by atomic mass is 9.86. The van der Waals surface area contributed by atoms with E-state index in [-0.39, 0.29) is 0 Å². The molecule has 0 bridgehead atoms. The first-order valence-electron chi connectivity index (χ1n) is 5.97. The highest BCUT2D eigenvalue weighted by Gasteiger charge is 2.17. The summed E-state index contributed by atoms with van der Waals surface area (Å²) in [4.78, 5) is 0. The highest BCUT2D eigenvalue weighted by atomic mass is 14.9. The van der Waals surface area contributed by atoms with Crippen molar-refractivity contribution < 1.29 is 0 Å². The molecule has 1 unspecified atom stereocenters. The number of benzene rings is 1. The molecule has 82 valence electrons. The molecule has 1 aliphatic heterocycles. The van der Waals surface area contributed by atoms with Crippen LogP contribution in [0.25, 0.3) is 0 Å². The van der Waals surface area contributed by atoms with E-state index in [4.69, 9.17) is 0 Å². The third kappa shape index (κ3) is 2.07. The quantitative estimate of drug-likeness (QED) is 0.739. The van der Waals surface area contributed by atoms with Gasteiger partial charge >= 0.3 is 0 Å². The molecule has 1 N–H and O–H groups in total. The van der Waals surface area contributed by atoms with Crippen LogP contribution in [0, 0.1) is 20.8 Å². The Kier molecular flexibility index (Phi) is 3.11. The van der Waals surface area contributed by atoms with Gasteiger partial charge in [-0.25, -0.2) is 0 Å². The summed E-state index contributed by atoms with van der Waals surface area (Å²) in [5.74, 6) is 0.734. The van der Waals surface area contributed by atoms with Gasteiger partial charge in [0.15, 0.2) is 0 Å². The van der Waals surface area contributed by atoms with Crippen LogP contribution < -0.4 is 5.32 Å². The van der Waals surface area contributed by atoms with Crippen molar-refractivity contribution in [2.45, 2.75) is 39.5 Å². The van der Waals surface area contributed by atoms with Crippen molar-refractivity contribution in [3.8, 4) is 0 Å². The number of hydrogen-bond donors (Lipinski definition) is 1. The molecular weight excluding hydrogens is 182 g/mol. The molecule has 1 nitrogen and oxygen atoms in total. The van der Waals surface area contributed by atoms with Crippen molar-refractivity contribution in [1.29, 1.82) is 0 Å². The van der Waals surface area contributed by atoms with Gasteiger partial charge in [-0.15, -0.1) is 0 Å². The Balaban J connectivity index is 2.31. The predicted molar refractivity (Wildman–Crippen MR) is 65.5 cm³/mol. The normalized spacial score (nSPS) is 21.7. The van der Waals surface area contributed by atoms with E-state index in [1.165, 1.54) is 36.1 Å². The maximum Gasteiger partial charge on any atom is 0.00202 e. The van der Waals surface area contributed by atoms with Gasteiger partial charge in [0.25, 0.3) is 0 Å². The molecule has 0 aliphatic carbocycles. The van der Waals surface area contributed by atoms with Gasteiger partial charge in [-0.05, 0) is 68.3 Å². The molecule has 0 amide bonds. The lowest BCUT2D eigenvalue weighted by Crippen LogP contribution is -2.28. The van der Waals surface area contributed by atoms with Gasteiger partial charge in [-0.2, -0.15) is 0 Å². The van der Waals surface area contributed by atoms with Gasteiger partial charge in [0.05, 0.1) is 0 Å². The van der Waals surface area contributed by atoms with Crippen LogP contribution in [0.4, 0.5) is 0 Å². The van der Waals surface area contributed by atoms with Crippen molar-refractivity contribution in [3.63, 3.8) is 0 Å². The smallest absolute Gasteiger partial charge is 0.00202 e. The molecule has 0 aromatic heterocycles. The molecule has 1 aliphatic rings. The average molecular weight is 203 g/mol. The molecule has 2 rings (SSSR count). The fraction of sp³-hybridized carbons (Fsp3) is 0.571. The lowest BCUT2D eigenvalue weighted by molar-refractivity contribution is 0.460. The van der Waals surface area contributed by atoms with Crippen molar-refractivity contribution >= 4 is 0 Å². The number of nitrogens with one attached hydrogen (secondary N) is 1. The lowest BCUT2D eigenvalue weighted by Gasteiger charge is -2.25. The standard InChI is InChI=1S/C14H21N/c1-10-6-7-14(12(3)11(10)2)13-5-4-8-15-9-13/h6-7,13,15H,4-5,8-9H2,1-3H3. The third-order valence-corrected chi connectivity index (χ3v) is 3.84. The number of piperidine rings is 1. The minimum atomic E-state index is 0.734. The Morgan fingerprint density at radius 3 is 2.60 bits per heavy atom. The maximum atomic E-state index is 3.49. The summed E-state index contributed by atoms with van der Waals surface area (Å²) in [6.07, 6.45) is 2.66. The van der Waals surface area contributed by atoms with Crippen LogP contribution in [0.1, 0.15) is 41.0 Å². The molecule has 0 saturated carbocycles. The molecule has 1 saturated heterocycles. The zero-order chi connectivity index (χ0) is 10.8. The molecule has 0 radical (unpaired) electrons. The SMILES string of the molecule is Cc1ccc(C2CCCNC2)c(C)c1C. The Hall–Kier alpha value is -0.820. The fourth-order valence-corrected chi connectivity index (χ4v) is 2.54. The zero-order valence-electron chi connectivity index (χ0n) is 10.1. The van der Waals surface area contributed by atoms with Gasteiger partial charge in [0.2, 0.25) is 0 Å². The molecule has 1 aromatic rings. The Bertz CT molecular complexity index is 349. The summed E-state index contributed by atoms with van der Waals surface area (Å²) < 4.78 is 0. The van der Waals surface area contributed by atoms with Crippen LogP contribution in [0.5, 0.6) is 0 Å². The van der Waals surface area contributed by atoms with Crippen molar-refractivity contribution in [2.75, 3.05) is 13.1 Å². The largest absolute Gasteiger partial charge is 0.316 e. The van der Waals surface area contributed by atoms with Crippen LogP contribution in [0.15, 0.2) is 12.1 Å². The third-order valence-electron chi connectivity index (χ3n) is 3.84. The van der Waals surface area contributed by atoms with Crippen LogP contribution in [0.3, 0.4) is 0 Å². The van der Waals surface area contributed by atoms with Crippen LogP contribution in [-0.4, -0.2) is 13.1 Å². The van der Waals surface area contributed by atoms with Gasteiger partial charge in [-0.1, -0.05) is 12.1 Å². The Morgan fingerprint density at radius 1 is 1.13 bits per heavy atom. The van der Waals surface area contributed by atoms with E-state index in [1.807, 2.05) is 0 Å². The van der Waals surface area contributed by atoms with Crippen LogP contribution in [0.2, 0.25) is 0 Å². The minimum Gasteiger partial charge on any atom is -0.316 e. The summed E-state index contributed by atoms with van der Waals surface area (Å²) in [7, 11) is 0. The summed E-state index contributed by atoms with van der Waals surface area (Å²) in [6, 6.07) is 4.60. The highest BCUT2D eigenvalue weighted by Crippen LogP contribution is 2.28. The fourth-order valence-electron chi connectivity index (χ4n) is 2.54. The average Bonchev–Trinajstić information content (AvgIpc) is 2.27. The first-order chi connectivity index (χ1) is 7.20. The molecule has 0 spiro atoms. The monoisotopic (exact) mass is 203 g/mol. The first-order valence-corrected chi connectivity index (χ1v) is 5.97. The maximum absolute atomic E-state index is 3.49. The highest BCUT2D eigenvalue weighted by molar-refractivity contribution is 5.40. The van der Waals surface area contributed by atoms with E-state index >= 15 is 0 Å². The van der Waals surface area contributed by atoms with Gasteiger partial charge in [0, 0.05) is 6.54 Å². The zero-order valence-corrected chi connectivity index (χ0v) is 10.1.